The van der Waals surface area contributed by atoms with E-state index < -0.39 is 96.0 Å². The fourth-order valence-corrected chi connectivity index (χ4v) is 11.7. The molecule has 18 heteroatoms. The minimum absolute atomic E-state index is 0.0974. The number of methoxy groups -OCH3 is 1. The Balaban J connectivity index is 1.52. The number of likely N-dealkylation sites (N-methyl/N-ethyl adjacent to an activating group) is 1. The van der Waals surface area contributed by atoms with Crippen LogP contribution in [0.3, 0.4) is 0 Å². The number of fused-ring (bicyclic) bond motifs is 1. The van der Waals surface area contributed by atoms with E-state index >= 15 is 0 Å². The first kappa shape index (κ1) is 59.7. The molecule has 2 aromatic rings. The van der Waals surface area contributed by atoms with Crippen molar-refractivity contribution in [1.82, 2.24) is 14.7 Å². The molecule has 6 N–H and O–H groups in total. The number of hydrogen-bond donors (Lipinski definition) is 6. The number of hydrogen-bond acceptors (Lipinski definition) is 16. The molecule has 0 bridgehead atoms. The molecule has 0 radical (unpaired) electrons. The number of aliphatic hydroxyl groups excluding tert-OH is 3. The molecule has 3 heterocycles. The van der Waals surface area contributed by atoms with Crippen LogP contribution in [-0.2, 0) is 33.2 Å². The Morgan fingerprint density at radius 1 is 0.958 bits per heavy atom. The summed E-state index contributed by atoms with van der Waals surface area (Å²) >= 11 is 5.97. The van der Waals surface area contributed by atoms with Crippen molar-refractivity contribution in [2.75, 3.05) is 52.7 Å². The molecule has 5 rings (SSSR count). The molecule has 3 fully saturated rings. The van der Waals surface area contributed by atoms with Gasteiger partial charge in [0.1, 0.15) is 30.0 Å². The highest BCUT2D eigenvalue weighted by Gasteiger charge is 2.53. The number of cyclic esters (lactones) is 1. The zero-order valence-corrected chi connectivity index (χ0v) is 45.9. The predicted molar refractivity (Wildman–Crippen MR) is 280 cm³/mol. The molecule has 0 spiro atoms. The molecule has 17 nitrogen and oxygen atoms in total. The highest BCUT2D eigenvalue weighted by molar-refractivity contribution is 7.80. The molecule has 0 aromatic heterocycles. The number of carbonyl (C=O) groups is 1. The second-order valence-electron chi connectivity index (χ2n) is 21.9. The number of esters is 1. The summed E-state index contributed by atoms with van der Waals surface area (Å²) in [6.07, 6.45) is -8.32. The first-order chi connectivity index (χ1) is 33.8. The van der Waals surface area contributed by atoms with E-state index in [2.05, 4.69) is 16.3 Å². The maximum absolute atomic E-state index is 14.7. The van der Waals surface area contributed by atoms with Crippen molar-refractivity contribution in [3.63, 3.8) is 0 Å². The van der Waals surface area contributed by atoms with E-state index in [0.717, 1.165) is 16.5 Å². The van der Waals surface area contributed by atoms with Crippen molar-refractivity contribution in [3.05, 3.63) is 42.5 Å². The van der Waals surface area contributed by atoms with E-state index in [0.29, 0.717) is 44.1 Å². The number of thiocarbonyl (C=S) groups is 1. The van der Waals surface area contributed by atoms with Crippen LogP contribution in [0, 0.1) is 29.1 Å². The van der Waals surface area contributed by atoms with Crippen LogP contribution in [0.15, 0.2) is 42.5 Å². The third kappa shape index (κ3) is 14.2. The summed E-state index contributed by atoms with van der Waals surface area (Å²) in [5, 5.41) is 76.1. The summed E-state index contributed by atoms with van der Waals surface area (Å²) in [5.41, 5.74) is -3.82. The molecule has 406 valence electrons. The average molecular weight is 1030 g/mol. The molecule has 0 unspecified atom stereocenters. The van der Waals surface area contributed by atoms with Crippen LogP contribution >= 0.6 is 12.2 Å². The summed E-state index contributed by atoms with van der Waals surface area (Å²) in [6, 6.07) is 15.2. The largest absolute Gasteiger partial charge is 0.459 e. The van der Waals surface area contributed by atoms with Gasteiger partial charge in [-0.3, -0.25) is 9.69 Å². The van der Waals surface area contributed by atoms with Gasteiger partial charge in [0.15, 0.2) is 17.7 Å². The molecule has 3 aliphatic rings. The van der Waals surface area contributed by atoms with Crippen molar-refractivity contribution < 1.29 is 58.7 Å². The summed E-state index contributed by atoms with van der Waals surface area (Å²) in [5.74, 6) is -2.90. The van der Waals surface area contributed by atoms with Gasteiger partial charge in [-0.25, -0.2) is 0 Å². The molecule has 72 heavy (non-hydrogen) atoms. The Bertz CT molecular complexity index is 2110. The minimum atomic E-state index is -1.93. The zero-order valence-electron chi connectivity index (χ0n) is 45.1. The molecule has 3 saturated heterocycles. The Hall–Kier alpha value is -3.13. The van der Waals surface area contributed by atoms with Crippen molar-refractivity contribution in [2.24, 2.45) is 17.8 Å². The lowest BCUT2D eigenvalue weighted by Crippen LogP contribution is -2.60. The number of anilines is 1. The van der Waals surface area contributed by atoms with Gasteiger partial charge >= 0.3 is 5.97 Å². The average Bonchev–Trinajstić information content (AvgIpc) is 3.33. The third-order valence-electron chi connectivity index (χ3n) is 15.7. The summed E-state index contributed by atoms with van der Waals surface area (Å²) in [7, 11) is 5.27. The van der Waals surface area contributed by atoms with Crippen molar-refractivity contribution in [3.8, 4) is 6.07 Å². The highest BCUT2D eigenvalue weighted by atomic mass is 32.1. The monoisotopic (exact) mass is 1030 g/mol. The molecular formula is C54H87N5O12S. The number of ether oxygens (including phenoxy) is 6. The van der Waals surface area contributed by atoms with Crippen molar-refractivity contribution in [2.45, 2.75) is 198 Å². The Kier molecular flexibility index (Phi) is 21.2. The number of rotatable bonds is 14. The number of nitrogens with zero attached hydrogens (tertiary/aromatic N) is 4. The van der Waals surface area contributed by atoms with E-state index in [9.17, 15) is 35.6 Å². The molecule has 0 saturated carbocycles. The van der Waals surface area contributed by atoms with Crippen LogP contribution in [-0.4, -0.2) is 189 Å². The maximum atomic E-state index is 14.7. The minimum Gasteiger partial charge on any atom is -0.459 e. The van der Waals surface area contributed by atoms with E-state index in [-0.39, 0.29) is 43.7 Å². The normalized spacial score (nSPS) is 38.9. The van der Waals surface area contributed by atoms with Gasteiger partial charge in [-0.2, -0.15) is 5.26 Å². The number of carbonyl (C=O) groups excluding carboxylic acids is 1. The van der Waals surface area contributed by atoms with Crippen LogP contribution in [0.1, 0.15) is 108 Å². The lowest BCUT2D eigenvalue weighted by molar-refractivity contribution is -0.318. The first-order valence-electron chi connectivity index (χ1n) is 26.0. The van der Waals surface area contributed by atoms with Gasteiger partial charge in [-0.15, -0.1) is 0 Å². The molecule has 2 aromatic carbocycles. The summed E-state index contributed by atoms with van der Waals surface area (Å²) in [4.78, 5) is 20.6. The second kappa shape index (κ2) is 25.6. The topological polar surface area (TPSA) is 219 Å². The lowest BCUT2D eigenvalue weighted by Gasteiger charge is -2.48. The van der Waals surface area contributed by atoms with Crippen LogP contribution in [0.2, 0.25) is 0 Å². The summed E-state index contributed by atoms with van der Waals surface area (Å²) in [6.45, 7) is 19.2. The lowest BCUT2D eigenvalue weighted by atomic mass is 9.77. The Morgan fingerprint density at radius 2 is 1.64 bits per heavy atom. The summed E-state index contributed by atoms with van der Waals surface area (Å²) < 4.78 is 38.3. The van der Waals surface area contributed by atoms with Crippen LogP contribution in [0.5, 0.6) is 0 Å². The molecular weight excluding hydrogens is 943 g/mol. The molecule has 0 amide bonds. The van der Waals surface area contributed by atoms with Gasteiger partial charge < -0.3 is 69.1 Å². The van der Waals surface area contributed by atoms with Crippen LogP contribution < -0.4 is 5.32 Å². The molecule has 0 aliphatic carbocycles. The smallest absolute Gasteiger partial charge is 0.311 e. The van der Waals surface area contributed by atoms with Gasteiger partial charge in [0, 0.05) is 68.8 Å². The second-order valence-corrected chi connectivity index (χ2v) is 22.3. The fourth-order valence-electron chi connectivity index (χ4n) is 11.4. The standard InChI is InChI=1S/C54H87N5O12S/c1-14-42-54(10,65)46(61)36(6)59(27-19-26-58(25-18-24-55)51(72)56-40-23-17-21-38-20-15-16-22-39(38)40)31-32(2)29-52(8,64)48(71-50-44(60)41(57(11)12)28-33(3)67-50)34(4)45(35(5)49(63)69-42)70-43-30-53(9,66-13)47(62)37(7)68-43/h15-17,20-23,32-37,41-48,50,60-62,64-65H,14,18-19,25-31H2,1-13H3,(H,56,72)/t32-,33-,34+,35-,36-,37+,41+,42-,43+,44-,45+,46-,47+,48-,50+,52-,53-,54-/m1/s1. The van der Waals surface area contributed by atoms with Crippen LogP contribution in [0.25, 0.3) is 10.8 Å². The quantitative estimate of drug-likeness (QED) is 0.103. The molecule has 18 atom stereocenters. The van der Waals surface area contributed by atoms with Crippen LogP contribution in [0.4, 0.5) is 5.69 Å². The first-order valence-corrected chi connectivity index (χ1v) is 26.4. The number of aliphatic hydroxyl groups is 5. The van der Waals surface area contributed by atoms with Gasteiger partial charge in [-0.05, 0) is 118 Å². The van der Waals surface area contributed by atoms with Gasteiger partial charge in [0.05, 0.1) is 54.0 Å². The van der Waals surface area contributed by atoms with Gasteiger partial charge in [-0.1, -0.05) is 57.2 Å². The number of nitriles is 1. The van der Waals surface area contributed by atoms with Crippen molar-refractivity contribution in [1.29, 1.82) is 5.26 Å². The van der Waals surface area contributed by atoms with Crippen molar-refractivity contribution >= 4 is 39.8 Å². The highest BCUT2D eigenvalue weighted by Crippen LogP contribution is 2.40. The maximum Gasteiger partial charge on any atom is 0.311 e. The van der Waals surface area contributed by atoms with E-state index in [4.69, 9.17) is 40.6 Å². The fraction of sp³-hybridized carbons (Fsp3) is 0.759. The Labute approximate surface area is 434 Å². The van der Waals surface area contributed by atoms with E-state index in [1.807, 2.05) is 94.1 Å². The zero-order chi connectivity index (χ0) is 53.5. The number of benzene rings is 2. The molecule has 3 aliphatic heterocycles. The number of nitrogens with one attached hydrogen (secondary N) is 1. The Morgan fingerprint density at radius 3 is 2.29 bits per heavy atom. The van der Waals surface area contributed by atoms with E-state index in [1.165, 1.54) is 14.0 Å². The van der Waals surface area contributed by atoms with Gasteiger partial charge in [0.2, 0.25) is 0 Å². The predicted octanol–water partition coefficient (Wildman–Crippen LogP) is 5.43. The van der Waals surface area contributed by atoms with E-state index in [1.54, 1.807) is 34.6 Å². The third-order valence-corrected chi connectivity index (χ3v) is 16.1. The SMILES string of the molecule is CC[C@H]1OC(=O)[C@H](C)[C@@H](O[C@H]2C[C@@](C)(OC)[C@@H](O)[C@H](C)O2)[C@H](C)[C@@H](O[C@@H]2O[C@H](C)C[C@H](N(C)C)[C@H]2O)[C@](C)(O)C[C@@H](C)CN(CCCN(CCC#N)C(=S)Nc2cccc3ccccc23)[C@H](C)[C@@H](O)[C@]1(C)O. The van der Waals surface area contributed by atoms with Gasteiger partial charge in [0.25, 0.3) is 0 Å².